The number of nitrogens with one attached hydrogen (secondary N) is 1. The van der Waals surface area contributed by atoms with E-state index in [0.717, 1.165) is 16.7 Å². The molecule has 0 aliphatic rings. The molecule has 46 heavy (non-hydrogen) atoms. The normalized spacial score (nSPS) is 14.8. The summed E-state index contributed by atoms with van der Waals surface area (Å²) in [5.74, 6) is -0.758. The van der Waals surface area contributed by atoms with E-state index in [9.17, 15) is 14.9 Å². The molecular weight excluding hydrogens is 589 g/mol. The number of ether oxygens (including phenoxy) is 1. The second-order valence-electron chi connectivity index (χ2n) is 13.9. The number of alkyl carbamates (subject to hydrolysis) is 1. The Bertz CT molecular complexity index is 1370. The number of Topliss-reactive ketones (excluding diaryl/α,β-unsaturated/α-hetero) is 1. The summed E-state index contributed by atoms with van der Waals surface area (Å²) < 4.78 is 11.6. The zero-order valence-corrected chi connectivity index (χ0v) is 29.6. The zero-order valence-electron chi connectivity index (χ0n) is 28.4. The van der Waals surface area contributed by atoms with Crippen molar-refractivity contribution < 1.29 is 18.8 Å². The lowest BCUT2D eigenvalue weighted by atomic mass is 9.68. The summed E-state index contributed by atoms with van der Waals surface area (Å²) in [4.78, 5) is 27.5. The lowest BCUT2D eigenvalue weighted by Gasteiger charge is -2.39. The predicted molar refractivity (Wildman–Crippen MR) is 188 cm³/mol. The Kier molecular flexibility index (Phi) is 14.7. The van der Waals surface area contributed by atoms with Crippen molar-refractivity contribution >= 4 is 20.9 Å². The van der Waals surface area contributed by atoms with Crippen LogP contribution in [0.15, 0.2) is 91.0 Å². The molecule has 1 amide bonds. The van der Waals surface area contributed by atoms with E-state index in [1.54, 1.807) is 0 Å². The third-order valence-corrected chi connectivity index (χ3v) is 9.56. The minimum absolute atomic E-state index is 0.0356. The highest BCUT2D eigenvalue weighted by Crippen LogP contribution is 2.37. The van der Waals surface area contributed by atoms with Gasteiger partial charge in [-0.2, -0.15) is 5.26 Å². The number of carbonyl (C=O) groups is 2. The van der Waals surface area contributed by atoms with Crippen LogP contribution in [-0.2, 0) is 33.4 Å². The fourth-order valence-corrected chi connectivity index (χ4v) is 6.64. The lowest BCUT2D eigenvalue weighted by Crippen LogP contribution is -2.48. The van der Waals surface area contributed by atoms with Gasteiger partial charge in [0.1, 0.15) is 12.4 Å². The third kappa shape index (κ3) is 12.6. The second-order valence-corrected chi connectivity index (χ2v) is 16.3. The Labute approximate surface area is 278 Å². The molecule has 1 N–H and O–H groups in total. The van der Waals surface area contributed by atoms with Crippen molar-refractivity contribution in [3.05, 3.63) is 108 Å². The second kappa shape index (κ2) is 18.4. The summed E-state index contributed by atoms with van der Waals surface area (Å²) in [6.07, 6.45) is 1.45. The molecule has 2 unspecified atom stereocenters. The molecule has 0 aliphatic heterocycles. The van der Waals surface area contributed by atoms with E-state index in [2.05, 4.69) is 69.5 Å². The number of amides is 1. The van der Waals surface area contributed by atoms with E-state index in [1.165, 1.54) is 0 Å². The number of nitriles is 1. The van der Waals surface area contributed by atoms with Crippen LogP contribution in [0.4, 0.5) is 4.79 Å². The average Bonchev–Trinajstić information content (AvgIpc) is 3.03. The van der Waals surface area contributed by atoms with E-state index in [4.69, 9.17) is 9.16 Å². The fourth-order valence-electron chi connectivity index (χ4n) is 5.95. The molecule has 0 aliphatic carbocycles. The molecule has 5 atom stereocenters. The maximum Gasteiger partial charge on any atom is 0.407 e. The van der Waals surface area contributed by atoms with Crippen molar-refractivity contribution in [3.63, 3.8) is 0 Å². The van der Waals surface area contributed by atoms with Crippen LogP contribution in [0.3, 0.4) is 0 Å². The number of benzene rings is 3. The maximum absolute atomic E-state index is 14.2. The van der Waals surface area contributed by atoms with Gasteiger partial charge < -0.3 is 14.5 Å². The minimum Gasteiger partial charge on any atom is -0.445 e. The van der Waals surface area contributed by atoms with E-state index < -0.39 is 21.1 Å². The topological polar surface area (TPSA) is 88.4 Å². The van der Waals surface area contributed by atoms with Gasteiger partial charge in [0, 0.05) is 25.0 Å². The van der Waals surface area contributed by atoms with E-state index >= 15 is 0 Å². The molecule has 0 heterocycles. The van der Waals surface area contributed by atoms with E-state index in [-0.39, 0.29) is 48.0 Å². The summed E-state index contributed by atoms with van der Waals surface area (Å²) in [5.41, 5.74) is 2.85. The minimum atomic E-state index is -1.24. The predicted octanol–water partition coefficient (Wildman–Crippen LogP) is 8.17. The first-order valence-electron chi connectivity index (χ1n) is 16.5. The van der Waals surface area contributed by atoms with Gasteiger partial charge in [0.15, 0.2) is 9.04 Å². The van der Waals surface area contributed by atoms with E-state index in [0.29, 0.717) is 25.9 Å². The lowest BCUT2D eigenvalue weighted by molar-refractivity contribution is -0.124. The fraction of sp³-hybridized carbons (Fsp3) is 0.462. The number of carbonyl (C=O) groups excluding carboxylic acids is 2. The molecule has 3 aromatic carbocycles. The van der Waals surface area contributed by atoms with Gasteiger partial charge in [-0.25, -0.2) is 4.79 Å². The van der Waals surface area contributed by atoms with E-state index in [1.807, 2.05) is 73.7 Å². The molecule has 6 nitrogen and oxygen atoms in total. The molecule has 0 spiro atoms. The van der Waals surface area contributed by atoms with Gasteiger partial charge in [0.25, 0.3) is 0 Å². The molecule has 3 aromatic rings. The molecule has 0 radical (unpaired) electrons. The standard InChI is InChI=1S/C39H52N2O4Si/c1-29(27-45-46(5)6)34(26-40)25-37(42)33(22-30-16-10-7-11-17-30)24-35(39(2,3)4)36(23-31-18-12-8-13-19-31)41-38(43)44-28-32-20-14-9-15-21-32/h7-21,29,33-36,46H,22-25,27-28H2,1-6H3,(H,41,43)/t29?,33-,34?,35+,36-/m0/s1. The van der Waals surface area contributed by atoms with Crippen LogP contribution in [-0.4, -0.2) is 33.6 Å². The molecule has 3 rings (SSSR count). The van der Waals surface area contributed by atoms with Crippen LogP contribution in [0, 0.1) is 40.4 Å². The third-order valence-electron chi connectivity index (χ3n) is 8.70. The number of nitrogens with zero attached hydrogens (tertiary/aromatic N) is 1. The first-order valence-corrected chi connectivity index (χ1v) is 19.3. The number of hydrogen-bond acceptors (Lipinski definition) is 5. The van der Waals surface area contributed by atoms with Crippen LogP contribution in [0.1, 0.15) is 57.2 Å². The number of ketones is 1. The van der Waals surface area contributed by atoms with Crippen molar-refractivity contribution in [3.8, 4) is 6.07 Å². The number of hydrogen-bond donors (Lipinski definition) is 1. The zero-order chi connectivity index (χ0) is 33.5. The average molecular weight is 641 g/mol. The van der Waals surface area contributed by atoms with Crippen LogP contribution in [0.5, 0.6) is 0 Å². The van der Waals surface area contributed by atoms with Crippen LogP contribution in [0.2, 0.25) is 13.1 Å². The highest BCUT2D eigenvalue weighted by Gasteiger charge is 2.38. The van der Waals surface area contributed by atoms with Gasteiger partial charge in [0.05, 0.1) is 12.0 Å². The SMILES string of the molecule is CC(CO[SiH](C)C)C(C#N)CC(=O)[C@@H](Cc1ccccc1)C[C@H]([C@H](Cc1ccccc1)NC(=O)OCc1ccccc1)C(C)(C)C. The Morgan fingerprint density at radius 3 is 1.87 bits per heavy atom. The van der Waals surface area contributed by atoms with Crippen molar-refractivity contribution in [2.45, 2.75) is 79.1 Å². The summed E-state index contributed by atoms with van der Waals surface area (Å²) in [7, 11) is -1.24. The summed E-state index contributed by atoms with van der Waals surface area (Å²) in [6, 6.07) is 32.0. The van der Waals surface area contributed by atoms with Crippen molar-refractivity contribution in [2.75, 3.05) is 6.61 Å². The largest absolute Gasteiger partial charge is 0.445 e. The number of rotatable bonds is 17. The quantitative estimate of drug-likeness (QED) is 0.150. The monoisotopic (exact) mass is 640 g/mol. The van der Waals surface area contributed by atoms with Gasteiger partial charge in [-0.05, 0) is 66.3 Å². The van der Waals surface area contributed by atoms with Crippen LogP contribution < -0.4 is 5.32 Å². The van der Waals surface area contributed by atoms with Gasteiger partial charge in [0.2, 0.25) is 0 Å². The van der Waals surface area contributed by atoms with Crippen molar-refractivity contribution in [1.29, 1.82) is 5.26 Å². The molecule has 0 saturated carbocycles. The van der Waals surface area contributed by atoms with Crippen molar-refractivity contribution in [1.82, 2.24) is 5.32 Å². The summed E-state index contributed by atoms with van der Waals surface area (Å²) >= 11 is 0. The molecule has 0 bridgehead atoms. The Morgan fingerprint density at radius 2 is 1.37 bits per heavy atom. The molecule has 246 valence electrons. The maximum atomic E-state index is 14.2. The smallest absolute Gasteiger partial charge is 0.407 e. The first kappa shape index (κ1) is 36.7. The van der Waals surface area contributed by atoms with Gasteiger partial charge >= 0.3 is 6.09 Å². The Balaban J connectivity index is 1.90. The molecule has 0 fully saturated rings. The van der Waals surface area contributed by atoms with Crippen LogP contribution >= 0.6 is 0 Å². The Morgan fingerprint density at radius 1 is 0.848 bits per heavy atom. The molecule has 0 aromatic heterocycles. The molecule has 0 saturated heterocycles. The van der Waals surface area contributed by atoms with Gasteiger partial charge in [-0.1, -0.05) is 119 Å². The summed E-state index contributed by atoms with van der Waals surface area (Å²) in [6.45, 7) is 13.4. The van der Waals surface area contributed by atoms with Crippen molar-refractivity contribution in [2.24, 2.45) is 29.1 Å². The highest BCUT2D eigenvalue weighted by molar-refractivity contribution is 6.48. The molecular formula is C39H52N2O4Si. The van der Waals surface area contributed by atoms with Gasteiger partial charge in [-0.3, -0.25) is 4.79 Å². The summed E-state index contributed by atoms with van der Waals surface area (Å²) in [5, 5.41) is 13.3. The molecule has 7 heteroatoms. The highest BCUT2D eigenvalue weighted by atomic mass is 28.3. The van der Waals surface area contributed by atoms with Crippen LogP contribution in [0.25, 0.3) is 0 Å². The van der Waals surface area contributed by atoms with Gasteiger partial charge in [-0.15, -0.1) is 0 Å². The first-order chi connectivity index (χ1) is 22.0. The Hall–Kier alpha value is -3.73.